The Morgan fingerprint density at radius 3 is 2.48 bits per heavy atom. The number of para-hydroxylation sites is 1. The third kappa shape index (κ3) is 4.38. The topological polar surface area (TPSA) is 66.8 Å². The van der Waals surface area contributed by atoms with Gasteiger partial charge in [0.2, 0.25) is 0 Å². The van der Waals surface area contributed by atoms with E-state index in [1.165, 1.54) is 0 Å². The lowest BCUT2D eigenvalue weighted by Crippen LogP contribution is -2.42. The molecule has 0 aliphatic carbocycles. The second kappa shape index (κ2) is 7.83. The summed E-state index contributed by atoms with van der Waals surface area (Å²) in [7, 11) is 0. The maximum Gasteiger partial charge on any atom is 0.308 e. The number of hydrogen-bond acceptors (Lipinski definition) is 3. The number of likely N-dealkylation sites (tertiary alicyclic amines) is 1. The fourth-order valence-corrected chi connectivity index (χ4v) is 2.97. The molecular weight excluding hydrogens is 318 g/mol. The molecule has 0 unspecified atom stereocenters. The first-order valence-electron chi connectivity index (χ1n) is 8.42. The maximum atomic E-state index is 12.6. The predicted octanol–water partition coefficient (Wildman–Crippen LogP) is 3.20. The second-order valence-electron chi connectivity index (χ2n) is 6.23. The zero-order chi connectivity index (χ0) is 17.6. The summed E-state index contributed by atoms with van der Waals surface area (Å²) in [6.45, 7) is 1.33. The molecule has 5 heteroatoms. The van der Waals surface area contributed by atoms with Gasteiger partial charge in [-0.05, 0) is 42.7 Å². The van der Waals surface area contributed by atoms with E-state index in [2.05, 4.69) is 0 Å². The van der Waals surface area contributed by atoms with Gasteiger partial charge in [-0.2, -0.15) is 0 Å². The molecule has 0 spiro atoms. The smallest absolute Gasteiger partial charge is 0.308 e. The van der Waals surface area contributed by atoms with Gasteiger partial charge in [-0.25, -0.2) is 0 Å². The Hall–Kier alpha value is -2.82. The molecule has 2 aromatic rings. The molecule has 1 N–H and O–H groups in total. The monoisotopic (exact) mass is 339 g/mol. The van der Waals surface area contributed by atoms with Crippen LogP contribution >= 0.6 is 0 Å². The van der Waals surface area contributed by atoms with Gasteiger partial charge in [-0.3, -0.25) is 9.59 Å². The standard InChI is InChI=1S/C20H21NO4/c22-19(21-12-4-5-17(13-21)20(23)24)16-10-8-15(9-11-16)14-25-18-6-2-1-3-7-18/h1-3,6-11,17H,4-5,12-14H2,(H,23,24)/t17-/m1/s1. The molecule has 1 aliphatic heterocycles. The van der Waals surface area contributed by atoms with E-state index in [0.29, 0.717) is 25.1 Å². The van der Waals surface area contributed by atoms with E-state index in [1.807, 2.05) is 42.5 Å². The maximum absolute atomic E-state index is 12.6. The van der Waals surface area contributed by atoms with Crippen molar-refractivity contribution in [1.82, 2.24) is 4.90 Å². The summed E-state index contributed by atoms with van der Waals surface area (Å²) >= 11 is 0. The number of carbonyl (C=O) groups is 2. The van der Waals surface area contributed by atoms with Crippen molar-refractivity contribution in [3.05, 3.63) is 65.7 Å². The number of carbonyl (C=O) groups excluding carboxylic acids is 1. The normalized spacial score (nSPS) is 17.1. The molecule has 2 aromatic carbocycles. The molecule has 0 radical (unpaired) electrons. The van der Waals surface area contributed by atoms with Crippen LogP contribution in [0.5, 0.6) is 5.75 Å². The van der Waals surface area contributed by atoms with E-state index < -0.39 is 11.9 Å². The number of nitrogens with zero attached hydrogens (tertiary/aromatic N) is 1. The molecule has 1 heterocycles. The highest BCUT2D eigenvalue weighted by molar-refractivity contribution is 5.94. The van der Waals surface area contributed by atoms with Gasteiger partial charge in [-0.15, -0.1) is 0 Å². The Morgan fingerprint density at radius 2 is 1.80 bits per heavy atom. The third-order valence-corrected chi connectivity index (χ3v) is 4.41. The number of piperidine rings is 1. The van der Waals surface area contributed by atoms with Crippen molar-refractivity contribution in [3.63, 3.8) is 0 Å². The Morgan fingerprint density at radius 1 is 1.08 bits per heavy atom. The number of aliphatic carboxylic acids is 1. The largest absolute Gasteiger partial charge is 0.489 e. The molecule has 1 aliphatic rings. The Balaban J connectivity index is 1.59. The highest BCUT2D eigenvalue weighted by Crippen LogP contribution is 2.19. The van der Waals surface area contributed by atoms with Gasteiger partial charge in [0.15, 0.2) is 0 Å². The van der Waals surface area contributed by atoms with E-state index in [0.717, 1.165) is 17.7 Å². The van der Waals surface area contributed by atoms with Crippen LogP contribution < -0.4 is 4.74 Å². The fraction of sp³-hybridized carbons (Fsp3) is 0.300. The highest BCUT2D eigenvalue weighted by atomic mass is 16.5. The molecule has 1 amide bonds. The average Bonchev–Trinajstić information content (AvgIpc) is 2.67. The quantitative estimate of drug-likeness (QED) is 0.908. The summed E-state index contributed by atoms with van der Waals surface area (Å²) in [6, 6.07) is 16.8. The first-order valence-corrected chi connectivity index (χ1v) is 8.42. The van der Waals surface area contributed by atoms with Gasteiger partial charge in [-0.1, -0.05) is 30.3 Å². The molecule has 0 aromatic heterocycles. The number of carboxylic acids is 1. The number of carboxylic acid groups (broad SMARTS) is 1. The van der Waals surface area contributed by atoms with Crippen LogP contribution in [0.1, 0.15) is 28.8 Å². The molecule has 5 nitrogen and oxygen atoms in total. The van der Waals surface area contributed by atoms with Crippen molar-refractivity contribution in [2.24, 2.45) is 5.92 Å². The number of ether oxygens (including phenoxy) is 1. The number of amides is 1. The minimum absolute atomic E-state index is 0.110. The molecule has 0 bridgehead atoms. The van der Waals surface area contributed by atoms with Gasteiger partial charge in [0, 0.05) is 18.7 Å². The van der Waals surface area contributed by atoms with Gasteiger partial charge < -0.3 is 14.7 Å². The van der Waals surface area contributed by atoms with E-state index in [-0.39, 0.29) is 12.5 Å². The number of hydrogen-bond donors (Lipinski definition) is 1. The second-order valence-corrected chi connectivity index (χ2v) is 6.23. The number of rotatable bonds is 5. The lowest BCUT2D eigenvalue weighted by atomic mass is 9.97. The van der Waals surface area contributed by atoms with Crippen LogP contribution in [0.4, 0.5) is 0 Å². The molecule has 0 saturated carbocycles. The van der Waals surface area contributed by atoms with Crippen molar-refractivity contribution in [2.75, 3.05) is 13.1 Å². The van der Waals surface area contributed by atoms with Crippen LogP contribution in [0, 0.1) is 5.92 Å². The molecule has 130 valence electrons. The predicted molar refractivity (Wildman–Crippen MR) is 93.5 cm³/mol. The average molecular weight is 339 g/mol. The minimum Gasteiger partial charge on any atom is -0.489 e. The van der Waals surface area contributed by atoms with E-state index >= 15 is 0 Å². The lowest BCUT2D eigenvalue weighted by molar-refractivity contribution is -0.143. The van der Waals surface area contributed by atoms with Gasteiger partial charge in [0.1, 0.15) is 12.4 Å². The van der Waals surface area contributed by atoms with Crippen LogP contribution in [0.15, 0.2) is 54.6 Å². The van der Waals surface area contributed by atoms with Crippen LogP contribution in [-0.4, -0.2) is 35.0 Å². The molecule has 1 fully saturated rings. The SMILES string of the molecule is O=C(O)[C@@H]1CCCN(C(=O)c2ccc(COc3ccccc3)cc2)C1. The summed E-state index contributed by atoms with van der Waals surface area (Å²) < 4.78 is 5.69. The molecule has 1 atom stereocenters. The Bertz CT molecular complexity index is 727. The van der Waals surface area contributed by atoms with Crippen molar-refractivity contribution >= 4 is 11.9 Å². The molecule has 3 rings (SSSR count). The van der Waals surface area contributed by atoms with Crippen molar-refractivity contribution in [2.45, 2.75) is 19.4 Å². The minimum atomic E-state index is -0.828. The van der Waals surface area contributed by atoms with Crippen LogP contribution in [0.2, 0.25) is 0 Å². The van der Waals surface area contributed by atoms with Crippen LogP contribution in [-0.2, 0) is 11.4 Å². The third-order valence-electron chi connectivity index (χ3n) is 4.41. The van der Waals surface area contributed by atoms with Gasteiger partial charge in [0.05, 0.1) is 5.92 Å². The fourth-order valence-electron chi connectivity index (χ4n) is 2.97. The summed E-state index contributed by atoms with van der Waals surface area (Å²) in [4.78, 5) is 25.3. The number of benzene rings is 2. The Kier molecular flexibility index (Phi) is 5.33. The van der Waals surface area contributed by atoms with E-state index in [9.17, 15) is 9.59 Å². The molecular formula is C20H21NO4. The van der Waals surface area contributed by atoms with Gasteiger partial charge in [0.25, 0.3) is 5.91 Å². The summed E-state index contributed by atoms with van der Waals surface area (Å²) in [5, 5.41) is 9.15. The zero-order valence-electron chi connectivity index (χ0n) is 13.9. The summed E-state index contributed by atoms with van der Waals surface area (Å²) in [6.07, 6.45) is 1.36. The van der Waals surface area contributed by atoms with Crippen molar-refractivity contribution in [3.8, 4) is 5.75 Å². The zero-order valence-corrected chi connectivity index (χ0v) is 13.9. The van der Waals surface area contributed by atoms with Crippen LogP contribution in [0.3, 0.4) is 0 Å². The summed E-state index contributed by atoms with van der Waals surface area (Å²) in [5.41, 5.74) is 1.55. The van der Waals surface area contributed by atoms with Crippen molar-refractivity contribution < 1.29 is 19.4 Å². The lowest BCUT2D eigenvalue weighted by Gasteiger charge is -2.30. The Labute approximate surface area is 146 Å². The summed E-state index contributed by atoms with van der Waals surface area (Å²) in [5.74, 6) is -0.598. The van der Waals surface area contributed by atoms with E-state index in [1.54, 1.807) is 17.0 Å². The molecule has 25 heavy (non-hydrogen) atoms. The highest BCUT2D eigenvalue weighted by Gasteiger charge is 2.28. The first-order chi connectivity index (χ1) is 12.1. The van der Waals surface area contributed by atoms with Gasteiger partial charge >= 0.3 is 5.97 Å². The molecule has 1 saturated heterocycles. The van der Waals surface area contributed by atoms with E-state index in [4.69, 9.17) is 9.84 Å². The van der Waals surface area contributed by atoms with Crippen molar-refractivity contribution in [1.29, 1.82) is 0 Å². The first kappa shape index (κ1) is 17.0. The van der Waals surface area contributed by atoms with Crippen LogP contribution in [0.25, 0.3) is 0 Å².